The van der Waals surface area contributed by atoms with Crippen LogP contribution in [0.1, 0.15) is 124 Å². The summed E-state index contributed by atoms with van der Waals surface area (Å²) in [4.78, 5) is 50.6. The van der Waals surface area contributed by atoms with Gasteiger partial charge >= 0.3 is 0 Å². The fourth-order valence-electron chi connectivity index (χ4n) is 5.15. The maximum atomic E-state index is 12.9. The van der Waals surface area contributed by atoms with E-state index in [4.69, 9.17) is 0 Å². The maximum Gasteiger partial charge on any atom is 0.144 e. The minimum absolute atomic E-state index is 0.103. The third kappa shape index (κ3) is 6.80. The summed E-state index contributed by atoms with van der Waals surface area (Å²) in [5.74, 6) is -7.44. The van der Waals surface area contributed by atoms with E-state index in [0.717, 1.165) is 39.0 Å². The fraction of sp³-hybridized carbons (Fsp3) is 0.846. The van der Waals surface area contributed by atoms with Gasteiger partial charge in [0, 0.05) is 5.41 Å². The van der Waals surface area contributed by atoms with Crippen molar-refractivity contribution in [2.24, 2.45) is 10.8 Å². The number of carboxylic acid groups (broad SMARTS) is 3. The number of hydrogen-bond donors (Lipinski definition) is 1. The van der Waals surface area contributed by atoms with Gasteiger partial charge in [0.1, 0.15) is 16.8 Å². The summed E-state index contributed by atoms with van der Waals surface area (Å²) in [7, 11) is 0. The molecule has 0 heterocycles. The van der Waals surface area contributed by atoms with Crippen LogP contribution >= 0.6 is 0 Å². The van der Waals surface area contributed by atoms with Crippen molar-refractivity contribution in [1.82, 2.24) is 0 Å². The first kappa shape index (κ1) is 32.0. The van der Waals surface area contributed by atoms with Gasteiger partial charge in [0.05, 0.1) is 17.9 Å². The minimum Gasteiger partial charge on any atom is -0.549 e. The van der Waals surface area contributed by atoms with Crippen molar-refractivity contribution >= 4 is 23.7 Å². The van der Waals surface area contributed by atoms with Crippen LogP contribution < -0.4 is 15.3 Å². The predicted molar refractivity (Wildman–Crippen MR) is 122 cm³/mol. The standard InChI is InChI=1S/C26H46O8/c1-5-8-11-14-17-24(21(28)29,18-15-12-9-6-2)26(34,23(32)33)25(20(4)27,22(30)31)19-16-13-10-7-3/h34H,5-19H2,1-4H3,(H,28,29)(H,30,31)(H,32,33)/p-3. The number of carboxylic acids is 3. The van der Waals surface area contributed by atoms with Gasteiger partial charge in [-0.05, 0) is 26.2 Å². The largest absolute Gasteiger partial charge is 0.549 e. The number of unbranched alkanes of at least 4 members (excludes halogenated alkanes) is 9. The molecular weight excluding hydrogens is 440 g/mol. The van der Waals surface area contributed by atoms with Crippen molar-refractivity contribution < 1.29 is 39.6 Å². The van der Waals surface area contributed by atoms with Gasteiger partial charge in [0.15, 0.2) is 0 Å². The van der Waals surface area contributed by atoms with Gasteiger partial charge in [-0.15, -0.1) is 0 Å². The molecular formula is C26H43O8-3. The lowest BCUT2D eigenvalue weighted by molar-refractivity contribution is -0.371. The third-order valence-electron chi connectivity index (χ3n) is 7.27. The Hall–Kier alpha value is -1.96. The highest BCUT2D eigenvalue weighted by atomic mass is 16.4. The zero-order chi connectivity index (χ0) is 26.4. The van der Waals surface area contributed by atoms with Crippen molar-refractivity contribution in [3.05, 3.63) is 0 Å². The van der Waals surface area contributed by atoms with E-state index in [9.17, 15) is 39.6 Å². The van der Waals surface area contributed by atoms with E-state index < -0.39 is 46.5 Å². The number of Topliss-reactive ketones (excluding diaryl/α,β-unsaturated/α-hetero) is 1. The monoisotopic (exact) mass is 483 g/mol. The van der Waals surface area contributed by atoms with E-state index in [-0.39, 0.29) is 32.1 Å². The van der Waals surface area contributed by atoms with Crippen molar-refractivity contribution in [1.29, 1.82) is 0 Å². The third-order valence-corrected chi connectivity index (χ3v) is 7.27. The fourth-order valence-corrected chi connectivity index (χ4v) is 5.15. The molecule has 198 valence electrons. The van der Waals surface area contributed by atoms with Crippen LogP contribution in [-0.2, 0) is 19.2 Å². The lowest BCUT2D eigenvalue weighted by Crippen LogP contribution is -2.77. The molecule has 0 fully saturated rings. The average Bonchev–Trinajstić information content (AvgIpc) is 2.76. The van der Waals surface area contributed by atoms with Gasteiger partial charge in [-0.3, -0.25) is 4.79 Å². The molecule has 0 aromatic heterocycles. The highest BCUT2D eigenvalue weighted by Gasteiger charge is 2.66. The Kier molecular flexibility index (Phi) is 14.2. The molecule has 34 heavy (non-hydrogen) atoms. The zero-order valence-corrected chi connectivity index (χ0v) is 21.4. The molecule has 8 heteroatoms. The number of aliphatic carboxylic acids is 3. The smallest absolute Gasteiger partial charge is 0.144 e. The van der Waals surface area contributed by atoms with Gasteiger partial charge in [0.2, 0.25) is 0 Å². The molecule has 0 amide bonds. The molecule has 2 atom stereocenters. The molecule has 0 bridgehead atoms. The van der Waals surface area contributed by atoms with Crippen molar-refractivity contribution in [2.45, 2.75) is 130 Å². The Labute approximate surface area is 204 Å². The van der Waals surface area contributed by atoms with Crippen LogP contribution in [0.2, 0.25) is 0 Å². The molecule has 2 unspecified atom stereocenters. The Morgan fingerprint density at radius 1 is 0.588 bits per heavy atom. The molecule has 0 aliphatic carbocycles. The average molecular weight is 484 g/mol. The second-order valence-corrected chi connectivity index (χ2v) is 9.55. The molecule has 0 radical (unpaired) electrons. The molecule has 0 aromatic rings. The molecule has 8 nitrogen and oxygen atoms in total. The quantitative estimate of drug-likeness (QED) is 0.190. The van der Waals surface area contributed by atoms with Crippen LogP contribution in [-0.4, -0.2) is 34.4 Å². The van der Waals surface area contributed by atoms with Crippen LogP contribution in [0.5, 0.6) is 0 Å². The molecule has 0 rings (SSSR count). The maximum absolute atomic E-state index is 12.9. The van der Waals surface area contributed by atoms with Crippen LogP contribution in [0.3, 0.4) is 0 Å². The molecule has 1 N–H and O–H groups in total. The van der Waals surface area contributed by atoms with Crippen LogP contribution in [0, 0.1) is 10.8 Å². The first-order valence-electron chi connectivity index (χ1n) is 12.8. The van der Waals surface area contributed by atoms with Crippen molar-refractivity contribution in [3.63, 3.8) is 0 Å². The van der Waals surface area contributed by atoms with Crippen LogP contribution in [0.15, 0.2) is 0 Å². The topological polar surface area (TPSA) is 158 Å². The van der Waals surface area contributed by atoms with Gasteiger partial charge in [-0.25, -0.2) is 0 Å². The summed E-state index contributed by atoms with van der Waals surface area (Å²) in [5, 5.41) is 49.5. The summed E-state index contributed by atoms with van der Waals surface area (Å²) < 4.78 is 0. The van der Waals surface area contributed by atoms with E-state index >= 15 is 0 Å². The summed E-state index contributed by atoms with van der Waals surface area (Å²) in [5.41, 5.74) is -9.03. The zero-order valence-electron chi connectivity index (χ0n) is 21.4. The molecule has 0 saturated carbocycles. The van der Waals surface area contributed by atoms with E-state index in [1.54, 1.807) is 0 Å². The van der Waals surface area contributed by atoms with E-state index in [0.29, 0.717) is 25.7 Å². The molecule has 0 aliphatic heterocycles. The Morgan fingerprint density at radius 2 is 0.971 bits per heavy atom. The van der Waals surface area contributed by atoms with Gasteiger partial charge in [0.25, 0.3) is 0 Å². The summed E-state index contributed by atoms with van der Waals surface area (Å²) >= 11 is 0. The number of hydrogen-bond acceptors (Lipinski definition) is 8. The first-order valence-corrected chi connectivity index (χ1v) is 12.8. The van der Waals surface area contributed by atoms with Crippen LogP contribution in [0.4, 0.5) is 0 Å². The van der Waals surface area contributed by atoms with E-state index in [1.807, 2.05) is 20.8 Å². The van der Waals surface area contributed by atoms with E-state index in [2.05, 4.69) is 0 Å². The van der Waals surface area contributed by atoms with Gasteiger partial charge in [-0.2, -0.15) is 0 Å². The highest BCUT2D eigenvalue weighted by molar-refractivity contribution is 6.09. The number of aliphatic hydroxyl groups is 1. The lowest BCUT2D eigenvalue weighted by Gasteiger charge is -2.58. The molecule has 0 saturated heterocycles. The second-order valence-electron chi connectivity index (χ2n) is 9.55. The number of rotatable bonds is 21. The number of carbonyl (C=O) groups is 4. The second kappa shape index (κ2) is 15.1. The molecule has 0 spiro atoms. The molecule has 0 aliphatic rings. The van der Waals surface area contributed by atoms with E-state index in [1.165, 1.54) is 0 Å². The van der Waals surface area contributed by atoms with Gasteiger partial charge in [-0.1, -0.05) is 97.8 Å². The predicted octanol–water partition coefficient (Wildman–Crippen LogP) is 1.44. The number of carbonyl (C=O) groups excluding carboxylic acids is 4. The Morgan fingerprint density at radius 3 is 1.24 bits per heavy atom. The Bertz CT molecular complexity index is 646. The normalized spacial score (nSPS) is 15.3. The van der Waals surface area contributed by atoms with Gasteiger partial charge < -0.3 is 34.8 Å². The highest BCUT2D eigenvalue weighted by Crippen LogP contribution is 2.53. The minimum atomic E-state index is -3.53. The SMILES string of the molecule is CCCCCCC(CCCCCC)(C(=O)[O-])C(O)(C(=O)[O-])C(CCCCCC)(C(C)=O)C(=O)[O-]. The summed E-state index contributed by atoms with van der Waals surface area (Å²) in [6.45, 7) is 6.67. The summed E-state index contributed by atoms with van der Waals surface area (Å²) in [6.07, 6.45) is 5.53. The Balaban J connectivity index is 6.91. The summed E-state index contributed by atoms with van der Waals surface area (Å²) in [6, 6.07) is 0. The molecule has 0 aromatic carbocycles. The van der Waals surface area contributed by atoms with Crippen LogP contribution in [0.25, 0.3) is 0 Å². The number of ketones is 1. The first-order chi connectivity index (χ1) is 16.0. The van der Waals surface area contributed by atoms with Crippen molar-refractivity contribution in [3.8, 4) is 0 Å². The van der Waals surface area contributed by atoms with Crippen molar-refractivity contribution in [2.75, 3.05) is 0 Å². The lowest BCUT2D eigenvalue weighted by atomic mass is 9.52.